The Hall–Kier alpha value is -0.960. The molecule has 0 saturated carbocycles. The van der Waals surface area contributed by atoms with Crippen molar-refractivity contribution in [1.29, 1.82) is 0 Å². The van der Waals surface area contributed by atoms with Crippen molar-refractivity contribution in [1.82, 2.24) is 15.1 Å². The average molecular weight is 191 g/mol. The van der Waals surface area contributed by atoms with Crippen molar-refractivity contribution in [3.8, 4) is 0 Å². The van der Waals surface area contributed by atoms with Gasteiger partial charge >= 0.3 is 0 Å². The van der Waals surface area contributed by atoms with Gasteiger partial charge in [0, 0.05) is 12.7 Å². The molecule has 0 bridgehead atoms. The number of rotatable bonds is 2. The molecule has 1 atom stereocenters. The molecule has 1 saturated heterocycles. The molecule has 14 heavy (non-hydrogen) atoms. The molecule has 1 aliphatic rings. The summed E-state index contributed by atoms with van der Waals surface area (Å²) in [4.78, 5) is 2.41. The molecule has 1 aromatic rings. The lowest BCUT2D eigenvalue weighted by Gasteiger charge is -2.29. The van der Waals surface area contributed by atoms with Crippen molar-refractivity contribution in [2.75, 3.05) is 20.1 Å². The molecule has 1 fully saturated rings. The van der Waals surface area contributed by atoms with E-state index in [2.05, 4.69) is 28.2 Å². The van der Waals surface area contributed by atoms with Crippen LogP contribution in [0, 0.1) is 5.92 Å². The first-order chi connectivity index (χ1) is 6.84. The van der Waals surface area contributed by atoms with Gasteiger partial charge in [-0.2, -0.15) is 10.2 Å². The van der Waals surface area contributed by atoms with Gasteiger partial charge in [0.2, 0.25) is 0 Å². The number of hydrogen-bond donors (Lipinski definition) is 0. The highest BCUT2D eigenvalue weighted by atomic mass is 15.1. The first-order valence-electron chi connectivity index (χ1n) is 5.30. The van der Waals surface area contributed by atoms with Gasteiger partial charge in [-0.05, 0) is 50.9 Å². The van der Waals surface area contributed by atoms with Gasteiger partial charge in [-0.15, -0.1) is 0 Å². The van der Waals surface area contributed by atoms with Crippen LogP contribution in [0.15, 0.2) is 18.3 Å². The second kappa shape index (κ2) is 4.51. The van der Waals surface area contributed by atoms with Gasteiger partial charge in [-0.3, -0.25) is 0 Å². The Kier molecular flexibility index (Phi) is 3.09. The van der Waals surface area contributed by atoms with Crippen molar-refractivity contribution in [3.63, 3.8) is 0 Å². The lowest BCUT2D eigenvalue weighted by Crippen LogP contribution is -2.33. The molecule has 3 heteroatoms. The topological polar surface area (TPSA) is 29.0 Å². The molecule has 2 heterocycles. The summed E-state index contributed by atoms with van der Waals surface area (Å²) >= 11 is 0. The number of likely N-dealkylation sites (tertiary alicyclic amines) is 1. The van der Waals surface area contributed by atoms with E-state index in [4.69, 9.17) is 0 Å². The summed E-state index contributed by atoms with van der Waals surface area (Å²) in [5.74, 6) is 0.769. The molecule has 0 spiro atoms. The van der Waals surface area contributed by atoms with E-state index in [1.165, 1.54) is 25.9 Å². The van der Waals surface area contributed by atoms with Crippen LogP contribution in [0.2, 0.25) is 0 Å². The Morgan fingerprint density at radius 1 is 1.57 bits per heavy atom. The fraction of sp³-hybridized carbons (Fsp3) is 0.636. The van der Waals surface area contributed by atoms with Gasteiger partial charge in [0.1, 0.15) is 0 Å². The molecule has 0 aliphatic carbocycles. The zero-order valence-corrected chi connectivity index (χ0v) is 8.69. The molecule has 76 valence electrons. The van der Waals surface area contributed by atoms with Gasteiger partial charge in [0.15, 0.2) is 0 Å². The van der Waals surface area contributed by atoms with Gasteiger partial charge in [-0.1, -0.05) is 0 Å². The summed E-state index contributed by atoms with van der Waals surface area (Å²) in [6.45, 7) is 2.45. The molecular formula is C11H17N3. The lowest BCUT2D eigenvalue weighted by atomic mass is 9.94. The molecule has 0 N–H and O–H groups in total. The first kappa shape index (κ1) is 9.59. The Morgan fingerprint density at radius 3 is 3.21 bits per heavy atom. The summed E-state index contributed by atoms with van der Waals surface area (Å²) in [6.07, 6.45) is 5.47. The molecule has 1 aliphatic heterocycles. The van der Waals surface area contributed by atoms with E-state index in [0.29, 0.717) is 0 Å². The SMILES string of the molecule is CN1CCCC(Cc2cccnn2)C1. The van der Waals surface area contributed by atoms with E-state index in [1.54, 1.807) is 6.20 Å². The standard InChI is InChI=1S/C11H17N3/c1-14-7-3-4-10(9-14)8-11-5-2-6-12-13-11/h2,5-6,10H,3-4,7-9H2,1H3. The molecular weight excluding hydrogens is 174 g/mol. The van der Waals surface area contributed by atoms with E-state index in [1.807, 2.05) is 6.07 Å². The zero-order valence-electron chi connectivity index (χ0n) is 8.69. The summed E-state index contributed by atoms with van der Waals surface area (Å²) in [7, 11) is 2.20. The highest BCUT2D eigenvalue weighted by molar-refractivity contribution is 5.00. The molecule has 0 aromatic carbocycles. The zero-order chi connectivity index (χ0) is 9.80. The van der Waals surface area contributed by atoms with Crippen LogP contribution in [-0.4, -0.2) is 35.2 Å². The number of aromatic nitrogens is 2. The lowest BCUT2D eigenvalue weighted by molar-refractivity contribution is 0.208. The van der Waals surface area contributed by atoms with Crippen molar-refractivity contribution < 1.29 is 0 Å². The normalized spacial score (nSPS) is 23.6. The highest BCUT2D eigenvalue weighted by Crippen LogP contribution is 2.18. The predicted molar refractivity (Wildman–Crippen MR) is 56.0 cm³/mol. The summed E-state index contributed by atoms with van der Waals surface area (Å²) in [6, 6.07) is 4.04. The van der Waals surface area contributed by atoms with Gasteiger partial charge in [0.25, 0.3) is 0 Å². The third-order valence-electron chi connectivity index (χ3n) is 2.85. The van der Waals surface area contributed by atoms with Crippen molar-refractivity contribution in [2.24, 2.45) is 5.92 Å². The Labute approximate surface area is 85.1 Å². The van der Waals surface area contributed by atoms with Crippen LogP contribution >= 0.6 is 0 Å². The molecule has 1 unspecified atom stereocenters. The van der Waals surface area contributed by atoms with Crippen molar-refractivity contribution in [3.05, 3.63) is 24.0 Å². The average Bonchev–Trinajstić information content (AvgIpc) is 2.19. The van der Waals surface area contributed by atoms with E-state index in [-0.39, 0.29) is 0 Å². The summed E-state index contributed by atoms with van der Waals surface area (Å²) in [5, 5.41) is 8.03. The van der Waals surface area contributed by atoms with Crippen LogP contribution < -0.4 is 0 Å². The number of nitrogens with zero attached hydrogens (tertiary/aromatic N) is 3. The Bertz CT molecular complexity index is 273. The third-order valence-corrected chi connectivity index (χ3v) is 2.85. The van der Waals surface area contributed by atoms with E-state index < -0.39 is 0 Å². The van der Waals surface area contributed by atoms with Crippen molar-refractivity contribution in [2.45, 2.75) is 19.3 Å². The Morgan fingerprint density at radius 2 is 2.50 bits per heavy atom. The maximum Gasteiger partial charge on any atom is 0.0634 e. The van der Waals surface area contributed by atoms with Gasteiger partial charge in [-0.25, -0.2) is 0 Å². The van der Waals surface area contributed by atoms with Crippen LogP contribution in [0.3, 0.4) is 0 Å². The van der Waals surface area contributed by atoms with Crippen LogP contribution in [0.1, 0.15) is 18.5 Å². The number of piperidine rings is 1. The fourth-order valence-electron chi connectivity index (χ4n) is 2.18. The second-order valence-electron chi connectivity index (χ2n) is 4.19. The molecule has 2 rings (SSSR count). The summed E-state index contributed by atoms with van der Waals surface area (Å²) < 4.78 is 0. The van der Waals surface area contributed by atoms with E-state index >= 15 is 0 Å². The van der Waals surface area contributed by atoms with Crippen molar-refractivity contribution >= 4 is 0 Å². The van der Waals surface area contributed by atoms with Gasteiger partial charge in [0.05, 0.1) is 5.69 Å². The quantitative estimate of drug-likeness (QED) is 0.707. The molecule has 0 amide bonds. The van der Waals surface area contributed by atoms with Gasteiger partial charge < -0.3 is 4.90 Å². The number of hydrogen-bond acceptors (Lipinski definition) is 3. The monoisotopic (exact) mass is 191 g/mol. The summed E-state index contributed by atoms with van der Waals surface area (Å²) in [5.41, 5.74) is 1.13. The van der Waals surface area contributed by atoms with Crippen LogP contribution in [0.4, 0.5) is 0 Å². The fourth-order valence-corrected chi connectivity index (χ4v) is 2.18. The first-order valence-corrected chi connectivity index (χ1v) is 5.30. The van der Waals surface area contributed by atoms with Crippen LogP contribution in [0.5, 0.6) is 0 Å². The second-order valence-corrected chi connectivity index (χ2v) is 4.19. The highest BCUT2D eigenvalue weighted by Gasteiger charge is 2.17. The van der Waals surface area contributed by atoms with E-state index in [9.17, 15) is 0 Å². The predicted octanol–water partition coefficient (Wildman–Crippen LogP) is 1.36. The van der Waals surface area contributed by atoms with E-state index in [0.717, 1.165) is 18.0 Å². The minimum atomic E-state index is 0.769. The maximum absolute atomic E-state index is 4.13. The molecule has 1 aromatic heterocycles. The van der Waals surface area contributed by atoms with Crippen LogP contribution in [0.25, 0.3) is 0 Å². The minimum absolute atomic E-state index is 0.769. The minimum Gasteiger partial charge on any atom is -0.306 e. The largest absolute Gasteiger partial charge is 0.306 e. The third kappa shape index (κ3) is 2.51. The smallest absolute Gasteiger partial charge is 0.0634 e. The molecule has 3 nitrogen and oxygen atoms in total. The Balaban J connectivity index is 1.91. The maximum atomic E-state index is 4.13. The van der Waals surface area contributed by atoms with Crippen LogP contribution in [-0.2, 0) is 6.42 Å². The molecule has 0 radical (unpaired) electrons.